The van der Waals surface area contributed by atoms with E-state index in [1.807, 2.05) is 24.3 Å². The summed E-state index contributed by atoms with van der Waals surface area (Å²) < 4.78 is 11.2. The largest absolute Gasteiger partial charge is 0.481 e. The van der Waals surface area contributed by atoms with Gasteiger partial charge in [0.25, 0.3) is 0 Å². The lowest BCUT2D eigenvalue weighted by Gasteiger charge is -2.28. The van der Waals surface area contributed by atoms with Gasteiger partial charge >= 0.3 is 12.1 Å². The first-order chi connectivity index (χ1) is 17.0. The molecule has 6 rings (SSSR count). The second kappa shape index (κ2) is 8.68. The van der Waals surface area contributed by atoms with E-state index in [-0.39, 0.29) is 43.7 Å². The SMILES string of the molecule is O=C(NC1COCC1C(=O)N1C2CCC1C(C(=O)O)C2)OCC1c2ccccc2-c2ccccc21. The molecule has 3 heterocycles. The van der Waals surface area contributed by atoms with Crippen LogP contribution in [0, 0.1) is 11.8 Å². The lowest BCUT2D eigenvalue weighted by atomic mass is 9.89. The number of rotatable bonds is 5. The van der Waals surface area contributed by atoms with Crippen LogP contribution in [0.15, 0.2) is 48.5 Å². The van der Waals surface area contributed by atoms with Gasteiger partial charge in [0, 0.05) is 18.0 Å². The Morgan fingerprint density at radius 1 is 0.971 bits per heavy atom. The Labute approximate surface area is 203 Å². The van der Waals surface area contributed by atoms with Gasteiger partial charge in [-0.05, 0) is 41.5 Å². The van der Waals surface area contributed by atoms with Crippen molar-refractivity contribution in [3.63, 3.8) is 0 Å². The van der Waals surface area contributed by atoms with Gasteiger partial charge in [-0.2, -0.15) is 0 Å². The maximum Gasteiger partial charge on any atom is 0.407 e. The van der Waals surface area contributed by atoms with Crippen molar-refractivity contribution < 1.29 is 29.0 Å². The van der Waals surface area contributed by atoms with E-state index in [0.29, 0.717) is 12.8 Å². The van der Waals surface area contributed by atoms with Gasteiger partial charge in [0.15, 0.2) is 0 Å². The summed E-state index contributed by atoms with van der Waals surface area (Å²) in [4.78, 5) is 39.5. The van der Waals surface area contributed by atoms with Gasteiger partial charge in [0.1, 0.15) is 6.61 Å². The third-order valence-corrected chi connectivity index (χ3v) is 8.15. The molecule has 3 saturated heterocycles. The van der Waals surface area contributed by atoms with Crippen molar-refractivity contribution in [1.82, 2.24) is 10.2 Å². The number of carbonyl (C=O) groups excluding carboxylic acids is 2. The second-order valence-electron chi connectivity index (χ2n) is 9.94. The van der Waals surface area contributed by atoms with Crippen molar-refractivity contribution in [3.8, 4) is 11.1 Å². The number of carboxylic acid groups (broad SMARTS) is 1. The van der Waals surface area contributed by atoms with E-state index in [2.05, 4.69) is 29.6 Å². The number of alkyl carbamates (subject to hydrolysis) is 1. The molecule has 35 heavy (non-hydrogen) atoms. The molecule has 2 aromatic carbocycles. The fraction of sp³-hybridized carbons (Fsp3) is 0.444. The van der Waals surface area contributed by atoms with E-state index in [9.17, 15) is 19.5 Å². The zero-order valence-electron chi connectivity index (χ0n) is 19.3. The van der Waals surface area contributed by atoms with E-state index in [4.69, 9.17) is 9.47 Å². The minimum absolute atomic E-state index is 0.0377. The molecule has 8 nitrogen and oxygen atoms in total. The smallest absolute Gasteiger partial charge is 0.407 e. The number of ether oxygens (including phenoxy) is 2. The van der Waals surface area contributed by atoms with Crippen molar-refractivity contribution in [3.05, 3.63) is 59.7 Å². The lowest BCUT2D eigenvalue weighted by molar-refractivity contribution is -0.143. The van der Waals surface area contributed by atoms with Gasteiger partial charge in [-0.3, -0.25) is 9.59 Å². The Bertz CT molecular complexity index is 1140. The Hall–Kier alpha value is -3.39. The standard InChI is InChI=1S/C27H28N2O6/c30-25(29-15-9-10-24(29)20(11-15)26(31)32)22-12-34-14-23(22)28-27(33)35-13-21-18-7-3-1-5-16(18)17-6-2-4-8-19(17)21/h1-8,15,20-24H,9-14H2,(H,28,33)(H,31,32). The molecule has 0 saturated carbocycles. The average Bonchev–Trinajstić information content (AvgIpc) is 3.64. The molecule has 0 radical (unpaired) electrons. The number of hydrogen-bond acceptors (Lipinski definition) is 5. The Morgan fingerprint density at radius 2 is 1.66 bits per heavy atom. The predicted molar refractivity (Wildman–Crippen MR) is 126 cm³/mol. The first kappa shape index (κ1) is 22.1. The van der Waals surface area contributed by atoms with E-state index in [1.54, 1.807) is 4.90 Å². The molecule has 1 aliphatic carbocycles. The minimum Gasteiger partial charge on any atom is -0.481 e. The van der Waals surface area contributed by atoms with Crippen LogP contribution >= 0.6 is 0 Å². The molecule has 2 aromatic rings. The summed E-state index contributed by atoms with van der Waals surface area (Å²) in [5.74, 6) is -2.05. The molecule has 5 atom stereocenters. The van der Waals surface area contributed by atoms with E-state index in [0.717, 1.165) is 28.7 Å². The van der Waals surface area contributed by atoms with E-state index >= 15 is 0 Å². The van der Waals surface area contributed by atoms with Gasteiger partial charge in [0.05, 0.1) is 31.1 Å². The van der Waals surface area contributed by atoms with Crippen LogP contribution in [0.3, 0.4) is 0 Å². The number of fused-ring (bicyclic) bond motifs is 5. The van der Waals surface area contributed by atoms with E-state index < -0.39 is 29.9 Å². The van der Waals surface area contributed by atoms with Crippen molar-refractivity contribution in [1.29, 1.82) is 0 Å². The normalized spacial score (nSPS) is 28.6. The van der Waals surface area contributed by atoms with Crippen LogP contribution in [0.4, 0.5) is 4.79 Å². The third kappa shape index (κ3) is 3.67. The molecule has 2 N–H and O–H groups in total. The van der Waals surface area contributed by atoms with Crippen molar-refractivity contribution in [2.75, 3.05) is 19.8 Å². The van der Waals surface area contributed by atoms with Gasteiger partial charge in [-0.15, -0.1) is 0 Å². The predicted octanol–water partition coefficient (Wildman–Crippen LogP) is 3.00. The molecule has 4 aliphatic rings. The molecular formula is C27H28N2O6. The van der Waals surface area contributed by atoms with Crippen molar-refractivity contribution in [2.24, 2.45) is 11.8 Å². The zero-order chi connectivity index (χ0) is 24.1. The van der Waals surface area contributed by atoms with Crippen molar-refractivity contribution >= 4 is 18.0 Å². The lowest BCUT2D eigenvalue weighted by Crippen LogP contribution is -2.49. The summed E-state index contributed by atoms with van der Waals surface area (Å²) >= 11 is 0. The summed E-state index contributed by atoms with van der Waals surface area (Å²) in [6.07, 6.45) is 1.47. The van der Waals surface area contributed by atoms with Gasteiger partial charge < -0.3 is 24.8 Å². The molecule has 3 fully saturated rings. The van der Waals surface area contributed by atoms with Gasteiger partial charge in [-0.1, -0.05) is 48.5 Å². The van der Waals surface area contributed by atoms with Crippen LogP contribution in [0.1, 0.15) is 36.3 Å². The second-order valence-corrected chi connectivity index (χ2v) is 9.94. The zero-order valence-corrected chi connectivity index (χ0v) is 19.3. The molecule has 8 heteroatoms. The number of benzene rings is 2. The van der Waals surface area contributed by atoms with Crippen LogP contribution in [0.5, 0.6) is 0 Å². The minimum atomic E-state index is -0.842. The first-order valence-electron chi connectivity index (χ1n) is 12.3. The number of carbonyl (C=O) groups is 3. The number of aliphatic carboxylic acids is 1. The van der Waals surface area contributed by atoms with Crippen molar-refractivity contribution in [2.45, 2.75) is 43.3 Å². The Morgan fingerprint density at radius 3 is 2.31 bits per heavy atom. The number of amides is 2. The number of nitrogens with one attached hydrogen (secondary N) is 1. The number of hydrogen-bond donors (Lipinski definition) is 2. The fourth-order valence-electron chi connectivity index (χ4n) is 6.52. The van der Waals surface area contributed by atoms with Crippen LogP contribution in [0.2, 0.25) is 0 Å². The molecule has 0 aromatic heterocycles. The quantitative estimate of drug-likeness (QED) is 0.688. The summed E-state index contributed by atoms with van der Waals surface area (Å²) in [5.41, 5.74) is 4.59. The topological polar surface area (TPSA) is 105 Å². The van der Waals surface area contributed by atoms with Crippen LogP contribution in [-0.2, 0) is 19.1 Å². The maximum atomic E-state index is 13.4. The Kier molecular flexibility index (Phi) is 5.48. The molecule has 2 amide bonds. The molecule has 5 unspecified atom stereocenters. The highest BCUT2D eigenvalue weighted by Crippen LogP contribution is 2.45. The molecule has 182 valence electrons. The molecule has 0 spiro atoms. The number of carboxylic acids is 1. The summed E-state index contributed by atoms with van der Waals surface area (Å²) in [6, 6.07) is 15.5. The maximum absolute atomic E-state index is 13.4. The highest BCUT2D eigenvalue weighted by Gasteiger charge is 2.53. The molecule has 2 bridgehead atoms. The van der Waals surface area contributed by atoms with Crippen LogP contribution < -0.4 is 5.32 Å². The molecule has 3 aliphatic heterocycles. The van der Waals surface area contributed by atoms with Gasteiger partial charge in [0.2, 0.25) is 5.91 Å². The highest BCUT2D eigenvalue weighted by molar-refractivity contribution is 5.84. The highest BCUT2D eigenvalue weighted by atomic mass is 16.5. The van der Waals surface area contributed by atoms with Crippen LogP contribution in [0.25, 0.3) is 11.1 Å². The van der Waals surface area contributed by atoms with Crippen LogP contribution in [-0.4, -0.2) is 65.9 Å². The monoisotopic (exact) mass is 476 g/mol. The van der Waals surface area contributed by atoms with E-state index in [1.165, 1.54) is 0 Å². The fourth-order valence-corrected chi connectivity index (χ4v) is 6.52. The average molecular weight is 477 g/mol. The summed E-state index contributed by atoms with van der Waals surface area (Å²) in [5, 5.41) is 12.3. The summed E-state index contributed by atoms with van der Waals surface area (Å²) in [6.45, 7) is 0.635. The summed E-state index contributed by atoms with van der Waals surface area (Å²) in [7, 11) is 0. The third-order valence-electron chi connectivity index (χ3n) is 8.15. The Balaban J connectivity index is 1.10. The first-order valence-corrected chi connectivity index (χ1v) is 12.3. The number of nitrogens with zero attached hydrogens (tertiary/aromatic N) is 1. The molecular weight excluding hydrogens is 448 g/mol. The van der Waals surface area contributed by atoms with Gasteiger partial charge in [-0.25, -0.2) is 4.79 Å².